The van der Waals surface area contributed by atoms with Crippen LogP contribution >= 0.6 is 11.3 Å². The van der Waals surface area contributed by atoms with Crippen molar-refractivity contribution in [2.45, 2.75) is 13.3 Å². The van der Waals surface area contributed by atoms with Crippen LogP contribution < -0.4 is 10.2 Å². The van der Waals surface area contributed by atoms with Crippen LogP contribution in [0.1, 0.15) is 12.1 Å². The number of aromatic nitrogens is 3. The summed E-state index contributed by atoms with van der Waals surface area (Å²) in [5.41, 5.74) is 2.67. The van der Waals surface area contributed by atoms with Gasteiger partial charge in [-0.2, -0.15) is 9.78 Å². The summed E-state index contributed by atoms with van der Waals surface area (Å²) in [5, 5.41) is 9.69. The van der Waals surface area contributed by atoms with Gasteiger partial charge in [-0.15, -0.1) is 11.3 Å². The van der Waals surface area contributed by atoms with Crippen molar-refractivity contribution in [3.8, 4) is 16.4 Å². The van der Waals surface area contributed by atoms with Gasteiger partial charge in [-0.3, -0.25) is 9.59 Å². The standard InChI is InChI=1S/C24H19F2N5O2S/c1-14-10-21(31(29-14)24-27-20(13-34-24)15-2-4-17(25)5-3-15)28-23(33)16-11-22(32)30(12-16)19-8-6-18(26)7-9-19/h2-10,13,16H,11-12H2,1H3,(H,28,33). The van der Waals surface area contributed by atoms with Crippen LogP contribution in [0.5, 0.6) is 0 Å². The van der Waals surface area contributed by atoms with Gasteiger partial charge in [-0.05, 0) is 55.5 Å². The molecular formula is C24H19F2N5O2S. The highest BCUT2D eigenvalue weighted by molar-refractivity contribution is 7.12. The fraction of sp³-hybridized carbons (Fsp3) is 0.167. The Bertz CT molecular complexity index is 1370. The molecule has 1 unspecified atom stereocenters. The maximum Gasteiger partial charge on any atom is 0.230 e. The highest BCUT2D eigenvalue weighted by Crippen LogP contribution is 2.29. The molecule has 2 aromatic heterocycles. The molecule has 2 amide bonds. The smallest absolute Gasteiger partial charge is 0.230 e. The lowest BCUT2D eigenvalue weighted by atomic mass is 10.1. The second kappa shape index (κ2) is 8.79. The van der Waals surface area contributed by atoms with Crippen LogP contribution in [-0.2, 0) is 9.59 Å². The zero-order chi connectivity index (χ0) is 23.8. The average Bonchev–Trinajstić information content (AvgIpc) is 3.53. The quantitative estimate of drug-likeness (QED) is 0.455. The molecular weight excluding hydrogens is 460 g/mol. The Balaban J connectivity index is 1.33. The van der Waals surface area contributed by atoms with Gasteiger partial charge in [0.15, 0.2) is 0 Å². The summed E-state index contributed by atoms with van der Waals surface area (Å²) in [6, 6.07) is 13.4. The van der Waals surface area contributed by atoms with Crippen molar-refractivity contribution in [3.05, 3.63) is 77.3 Å². The molecule has 0 bridgehead atoms. The van der Waals surface area contributed by atoms with Crippen molar-refractivity contribution in [2.75, 3.05) is 16.8 Å². The van der Waals surface area contributed by atoms with E-state index in [1.54, 1.807) is 29.8 Å². The van der Waals surface area contributed by atoms with E-state index in [-0.39, 0.29) is 30.6 Å². The number of hydrogen-bond donors (Lipinski definition) is 1. The van der Waals surface area contributed by atoms with Crippen LogP contribution in [0.15, 0.2) is 60.0 Å². The third kappa shape index (κ3) is 4.32. The van der Waals surface area contributed by atoms with E-state index in [1.165, 1.54) is 52.6 Å². The molecule has 0 saturated carbocycles. The molecule has 1 saturated heterocycles. The van der Waals surface area contributed by atoms with Crippen molar-refractivity contribution in [2.24, 2.45) is 5.92 Å². The molecule has 10 heteroatoms. The summed E-state index contributed by atoms with van der Waals surface area (Å²) in [6.07, 6.45) is 0.0578. The maximum absolute atomic E-state index is 13.2. The number of halogens is 2. The number of aryl methyl sites for hydroxylation is 1. The van der Waals surface area contributed by atoms with Crippen molar-refractivity contribution >= 4 is 34.7 Å². The first-order valence-electron chi connectivity index (χ1n) is 10.5. The van der Waals surface area contributed by atoms with Crippen molar-refractivity contribution in [3.63, 3.8) is 0 Å². The van der Waals surface area contributed by atoms with Gasteiger partial charge in [0.1, 0.15) is 17.5 Å². The molecule has 0 spiro atoms. The van der Waals surface area contributed by atoms with Crippen LogP contribution in [0.25, 0.3) is 16.4 Å². The lowest BCUT2D eigenvalue weighted by molar-refractivity contribution is -0.122. The van der Waals surface area contributed by atoms with Crippen LogP contribution in [0, 0.1) is 24.5 Å². The molecule has 1 aliphatic rings. The van der Waals surface area contributed by atoms with E-state index in [9.17, 15) is 18.4 Å². The lowest BCUT2D eigenvalue weighted by Crippen LogP contribution is -2.28. The lowest BCUT2D eigenvalue weighted by Gasteiger charge is -2.16. The molecule has 4 aromatic rings. The predicted octanol–water partition coefficient (Wildman–Crippen LogP) is 4.57. The van der Waals surface area contributed by atoms with Gasteiger partial charge in [0.05, 0.1) is 17.3 Å². The Labute approximate surface area is 197 Å². The molecule has 0 radical (unpaired) electrons. The number of anilines is 2. The van der Waals surface area contributed by atoms with Gasteiger partial charge in [-0.25, -0.2) is 13.8 Å². The molecule has 0 aliphatic carbocycles. The van der Waals surface area contributed by atoms with E-state index in [4.69, 9.17) is 0 Å². The van der Waals surface area contributed by atoms with Gasteiger partial charge in [0.25, 0.3) is 0 Å². The zero-order valence-electron chi connectivity index (χ0n) is 18.0. The van der Waals surface area contributed by atoms with Gasteiger partial charge >= 0.3 is 0 Å². The van der Waals surface area contributed by atoms with Crippen molar-refractivity contribution < 1.29 is 18.4 Å². The van der Waals surface area contributed by atoms with E-state index in [0.29, 0.717) is 28.0 Å². The molecule has 1 fully saturated rings. The van der Waals surface area contributed by atoms with Gasteiger partial charge < -0.3 is 10.2 Å². The number of carbonyl (C=O) groups excluding carboxylic acids is 2. The van der Waals surface area contributed by atoms with Gasteiger partial charge in [0.2, 0.25) is 16.9 Å². The third-order valence-corrected chi connectivity index (χ3v) is 6.35. The number of rotatable bonds is 5. The van der Waals surface area contributed by atoms with E-state index in [1.807, 2.05) is 5.38 Å². The second-order valence-electron chi connectivity index (χ2n) is 7.98. The second-order valence-corrected chi connectivity index (χ2v) is 8.81. The minimum Gasteiger partial charge on any atom is -0.312 e. The largest absolute Gasteiger partial charge is 0.312 e. The first kappa shape index (κ1) is 21.9. The molecule has 172 valence electrons. The third-order valence-electron chi connectivity index (χ3n) is 5.53. The maximum atomic E-state index is 13.2. The summed E-state index contributed by atoms with van der Waals surface area (Å²) in [4.78, 5) is 31.6. The highest BCUT2D eigenvalue weighted by Gasteiger charge is 2.35. The number of nitrogens with zero attached hydrogens (tertiary/aromatic N) is 4. The zero-order valence-corrected chi connectivity index (χ0v) is 18.9. The highest BCUT2D eigenvalue weighted by atomic mass is 32.1. The molecule has 1 N–H and O–H groups in total. The molecule has 7 nitrogen and oxygen atoms in total. The van der Waals surface area contributed by atoms with Crippen molar-refractivity contribution in [1.82, 2.24) is 14.8 Å². The summed E-state index contributed by atoms with van der Waals surface area (Å²) < 4.78 is 28.0. The predicted molar refractivity (Wildman–Crippen MR) is 125 cm³/mol. The normalized spacial score (nSPS) is 15.7. The Morgan fingerprint density at radius 3 is 2.47 bits per heavy atom. The molecule has 3 heterocycles. The first-order valence-corrected chi connectivity index (χ1v) is 11.4. The number of nitrogens with one attached hydrogen (secondary N) is 1. The van der Waals surface area contributed by atoms with E-state index in [2.05, 4.69) is 15.4 Å². The minimum atomic E-state index is -0.563. The summed E-state index contributed by atoms with van der Waals surface area (Å²) in [7, 11) is 0. The monoisotopic (exact) mass is 479 g/mol. The van der Waals surface area contributed by atoms with Gasteiger partial charge in [0, 0.05) is 35.7 Å². The van der Waals surface area contributed by atoms with Gasteiger partial charge in [-0.1, -0.05) is 0 Å². The van der Waals surface area contributed by atoms with Crippen LogP contribution in [0.4, 0.5) is 20.3 Å². The SMILES string of the molecule is Cc1cc(NC(=O)C2CC(=O)N(c3ccc(F)cc3)C2)n(-c2nc(-c3ccc(F)cc3)cs2)n1. The molecule has 2 aromatic carbocycles. The van der Waals surface area contributed by atoms with E-state index >= 15 is 0 Å². The Kier molecular flexibility index (Phi) is 5.66. The summed E-state index contributed by atoms with van der Waals surface area (Å²) >= 11 is 1.34. The van der Waals surface area contributed by atoms with Crippen LogP contribution in [0.3, 0.4) is 0 Å². The fourth-order valence-electron chi connectivity index (χ4n) is 3.83. The van der Waals surface area contributed by atoms with Crippen molar-refractivity contribution in [1.29, 1.82) is 0 Å². The number of benzene rings is 2. The number of thiazole rings is 1. The van der Waals surface area contributed by atoms with Crippen LogP contribution in [0.2, 0.25) is 0 Å². The average molecular weight is 480 g/mol. The summed E-state index contributed by atoms with van der Waals surface area (Å²) in [6.45, 7) is 2.01. The topological polar surface area (TPSA) is 80.1 Å². The first-order chi connectivity index (χ1) is 16.4. The fourth-order valence-corrected chi connectivity index (χ4v) is 4.63. The molecule has 1 aliphatic heterocycles. The molecule has 5 rings (SSSR count). The number of amides is 2. The molecule has 1 atom stereocenters. The van der Waals surface area contributed by atoms with Crippen LogP contribution in [-0.4, -0.2) is 33.1 Å². The van der Waals surface area contributed by atoms with E-state index < -0.39 is 11.7 Å². The molecule has 34 heavy (non-hydrogen) atoms. The Morgan fingerprint density at radius 2 is 1.76 bits per heavy atom. The Morgan fingerprint density at radius 1 is 1.09 bits per heavy atom. The Hall–Kier alpha value is -3.92. The number of carbonyl (C=O) groups is 2. The van der Waals surface area contributed by atoms with E-state index in [0.717, 1.165) is 5.56 Å². The minimum absolute atomic E-state index is 0.0578. The number of hydrogen-bond acceptors (Lipinski definition) is 5. The summed E-state index contributed by atoms with van der Waals surface area (Å²) in [5.74, 6) is -1.34.